The zero-order valence-electron chi connectivity index (χ0n) is 14.9. The molecule has 1 amide bonds. The van der Waals surface area contributed by atoms with Crippen LogP contribution in [0, 0.1) is 11.6 Å². The molecule has 144 valence electrons. The average Bonchev–Trinajstić information content (AvgIpc) is 2.61. The summed E-state index contributed by atoms with van der Waals surface area (Å²) in [7, 11) is 2.94. The predicted molar refractivity (Wildman–Crippen MR) is 100 cm³/mol. The van der Waals surface area contributed by atoms with E-state index >= 15 is 0 Å². The number of benzene rings is 2. The highest BCUT2D eigenvalue weighted by Gasteiger charge is 2.24. The zero-order chi connectivity index (χ0) is 19.6. The average molecular weight is 397 g/mol. The standard InChI is InChI=1S/C19H19ClF2N2O3/c1-26-16-9-17(27-2)15(8-13(16)20)23-18(25)10-24-5-3-4-11-6-12(21)7-14(22)19(11)24/h6-9H,3-5,10H2,1-2H3,(H,23,25). The smallest absolute Gasteiger partial charge is 0.243 e. The summed E-state index contributed by atoms with van der Waals surface area (Å²) in [4.78, 5) is 14.1. The molecular formula is C19H19ClF2N2O3. The van der Waals surface area contributed by atoms with Gasteiger partial charge >= 0.3 is 0 Å². The number of carbonyl (C=O) groups excluding carboxylic acids is 1. The largest absolute Gasteiger partial charge is 0.495 e. The number of ether oxygens (including phenoxy) is 2. The number of halogens is 3. The van der Waals surface area contributed by atoms with Crippen molar-refractivity contribution in [3.8, 4) is 11.5 Å². The summed E-state index contributed by atoms with van der Waals surface area (Å²) >= 11 is 6.11. The Bertz CT molecular complexity index is 877. The fourth-order valence-electron chi connectivity index (χ4n) is 3.22. The summed E-state index contributed by atoms with van der Waals surface area (Å²) in [6, 6.07) is 5.24. The fourth-order valence-corrected chi connectivity index (χ4v) is 3.46. The maximum Gasteiger partial charge on any atom is 0.243 e. The zero-order valence-corrected chi connectivity index (χ0v) is 15.7. The molecule has 1 heterocycles. The van der Waals surface area contributed by atoms with Gasteiger partial charge in [-0.1, -0.05) is 11.6 Å². The van der Waals surface area contributed by atoms with E-state index in [0.717, 1.165) is 6.07 Å². The maximum absolute atomic E-state index is 14.2. The molecule has 2 aromatic carbocycles. The predicted octanol–water partition coefficient (Wildman–Crippen LogP) is 4.03. The Hall–Kier alpha value is -2.54. The van der Waals surface area contributed by atoms with Gasteiger partial charge in [0.15, 0.2) is 0 Å². The lowest BCUT2D eigenvalue weighted by Gasteiger charge is -2.31. The first-order valence-electron chi connectivity index (χ1n) is 8.37. The Balaban J connectivity index is 1.79. The van der Waals surface area contributed by atoms with Crippen LogP contribution in [0.25, 0.3) is 0 Å². The topological polar surface area (TPSA) is 50.8 Å². The van der Waals surface area contributed by atoms with Crippen molar-refractivity contribution in [2.45, 2.75) is 12.8 Å². The normalized spacial score (nSPS) is 13.1. The van der Waals surface area contributed by atoms with E-state index in [2.05, 4.69) is 5.32 Å². The number of nitrogens with zero attached hydrogens (tertiary/aromatic N) is 1. The van der Waals surface area contributed by atoms with E-state index in [4.69, 9.17) is 21.1 Å². The number of hydrogen-bond acceptors (Lipinski definition) is 4. The minimum atomic E-state index is -0.664. The van der Waals surface area contributed by atoms with Crippen molar-refractivity contribution >= 4 is 28.9 Å². The summed E-state index contributed by atoms with van der Waals surface area (Å²) in [5.41, 5.74) is 1.22. The maximum atomic E-state index is 14.2. The van der Waals surface area contributed by atoms with Crippen LogP contribution in [0.4, 0.5) is 20.2 Å². The first-order chi connectivity index (χ1) is 12.9. The Labute approximate surface area is 160 Å². The van der Waals surface area contributed by atoms with E-state index in [9.17, 15) is 13.6 Å². The third kappa shape index (κ3) is 4.08. The van der Waals surface area contributed by atoms with Gasteiger partial charge < -0.3 is 19.7 Å². The van der Waals surface area contributed by atoms with Crippen LogP contribution in [0.2, 0.25) is 5.02 Å². The Morgan fingerprint density at radius 3 is 2.63 bits per heavy atom. The van der Waals surface area contributed by atoms with Gasteiger partial charge in [0.05, 0.1) is 37.2 Å². The third-order valence-corrected chi connectivity index (χ3v) is 4.68. The first kappa shape index (κ1) is 19.2. The summed E-state index contributed by atoms with van der Waals surface area (Å²) < 4.78 is 38.1. The lowest BCUT2D eigenvalue weighted by Crippen LogP contribution is -2.37. The second-order valence-electron chi connectivity index (χ2n) is 6.16. The lowest BCUT2D eigenvalue weighted by atomic mass is 10.0. The molecule has 1 N–H and O–H groups in total. The van der Waals surface area contributed by atoms with Crippen LogP contribution in [-0.2, 0) is 11.2 Å². The molecule has 27 heavy (non-hydrogen) atoms. The number of aryl methyl sites for hydroxylation is 1. The second kappa shape index (κ2) is 8.00. The van der Waals surface area contributed by atoms with Gasteiger partial charge in [-0.25, -0.2) is 8.78 Å². The highest BCUT2D eigenvalue weighted by atomic mass is 35.5. The second-order valence-corrected chi connectivity index (χ2v) is 6.56. The highest BCUT2D eigenvalue weighted by molar-refractivity contribution is 6.32. The van der Waals surface area contributed by atoms with Crippen molar-refractivity contribution < 1.29 is 23.0 Å². The third-order valence-electron chi connectivity index (χ3n) is 4.38. The molecule has 0 saturated heterocycles. The minimum Gasteiger partial charge on any atom is -0.495 e. The van der Waals surface area contributed by atoms with Gasteiger partial charge in [0.2, 0.25) is 5.91 Å². The van der Waals surface area contributed by atoms with E-state index in [-0.39, 0.29) is 18.1 Å². The molecule has 3 rings (SSSR count). The van der Waals surface area contributed by atoms with E-state index in [0.29, 0.717) is 47.2 Å². The number of nitrogens with one attached hydrogen (secondary N) is 1. The van der Waals surface area contributed by atoms with Crippen molar-refractivity contribution in [3.05, 3.63) is 46.5 Å². The molecule has 0 unspecified atom stereocenters. The molecule has 0 spiro atoms. The summed E-state index contributed by atoms with van der Waals surface area (Å²) in [5, 5.41) is 3.04. The molecule has 2 aromatic rings. The van der Waals surface area contributed by atoms with Gasteiger partial charge in [-0.2, -0.15) is 0 Å². The van der Waals surface area contributed by atoms with Gasteiger partial charge in [0, 0.05) is 18.7 Å². The van der Waals surface area contributed by atoms with Crippen molar-refractivity contribution in [1.29, 1.82) is 0 Å². The monoisotopic (exact) mass is 396 g/mol. The summed E-state index contributed by atoms with van der Waals surface area (Å²) in [6.45, 7) is 0.422. The molecule has 0 atom stereocenters. The van der Waals surface area contributed by atoms with Crippen LogP contribution in [0.15, 0.2) is 24.3 Å². The van der Waals surface area contributed by atoms with Gasteiger partial charge in [0.1, 0.15) is 23.1 Å². The van der Waals surface area contributed by atoms with Crippen molar-refractivity contribution in [2.24, 2.45) is 0 Å². The molecule has 0 radical (unpaired) electrons. The summed E-state index contributed by atoms with van der Waals surface area (Å²) in [6.07, 6.45) is 1.28. The van der Waals surface area contributed by atoms with Gasteiger partial charge in [-0.05, 0) is 30.5 Å². The van der Waals surface area contributed by atoms with Crippen LogP contribution in [0.5, 0.6) is 11.5 Å². The van der Waals surface area contributed by atoms with Gasteiger partial charge in [0.25, 0.3) is 0 Å². The molecule has 0 saturated carbocycles. The van der Waals surface area contributed by atoms with Crippen molar-refractivity contribution in [1.82, 2.24) is 0 Å². The number of anilines is 2. The van der Waals surface area contributed by atoms with Crippen molar-refractivity contribution in [2.75, 3.05) is 37.5 Å². The van der Waals surface area contributed by atoms with Crippen LogP contribution in [0.1, 0.15) is 12.0 Å². The molecule has 0 bridgehead atoms. The number of methoxy groups -OCH3 is 2. The Kier molecular flexibility index (Phi) is 5.70. The van der Waals surface area contributed by atoms with E-state index in [1.165, 1.54) is 26.4 Å². The highest BCUT2D eigenvalue weighted by Crippen LogP contribution is 2.36. The molecule has 8 heteroatoms. The van der Waals surface area contributed by atoms with E-state index in [1.54, 1.807) is 11.0 Å². The molecule has 5 nitrogen and oxygen atoms in total. The van der Waals surface area contributed by atoms with Crippen molar-refractivity contribution in [3.63, 3.8) is 0 Å². The minimum absolute atomic E-state index is 0.0810. The molecule has 0 fully saturated rings. The van der Waals surface area contributed by atoms with Crippen LogP contribution < -0.4 is 19.7 Å². The lowest BCUT2D eigenvalue weighted by molar-refractivity contribution is -0.115. The molecular weight excluding hydrogens is 378 g/mol. The molecule has 0 aromatic heterocycles. The summed E-state index contributed by atoms with van der Waals surface area (Å²) in [5.74, 6) is -0.846. The molecule has 0 aliphatic carbocycles. The quantitative estimate of drug-likeness (QED) is 0.829. The number of fused-ring (bicyclic) bond motifs is 1. The fraction of sp³-hybridized carbons (Fsp3) is 0.316. The van der Waals surface area contributed by atoms with Crippen LogP contribution in [0.3, 0.4) is 0 Å². The van der Waals surface area contributed by atoms with E-state index < -0.39 is 11.6 Å². The van der Waals surface area contributed by atoms with E-state index in [1.807, 2.05) is 0 Å². The Morgan fingerprint density at radius 2 is 1.93 bits per heavy atom. The SMILES string of the molecule is COc1cc(OC)c(NC(=O)CN2CCCc3cc(F)cc(F)c32)cc1Cl. The van der Waals surface area contributed by atoms with Crippen LogP contribution in [-0.4, -0.2) is 33.2 Å². The first-order valence-corrected chi connectivity index (χ1v) is 8.75. The molecule has 1 aliphatic heterocycles. The van der Waals surface area contributed by atoms with Gasteiger partial charge in [-0.3, -0.25) is 4.79 Å². The Morgan fingerprint density at radius 1 is 1.19 bits per heavy atom. The van der Waals surface area contributed by atoms with Gasteiger partial charge in [-0.15, -0.1) is 0 Å². The number of rotatable bonds is 5. The number of amides is 1. The molecule has 1 aliphatic rings. The number of carbonyl (C=O) groups is 1. The number of hydrogen-bond donors (Lipinski definition) is 1. The van der Waals surface area contributed by atoms with Crippen LogP contribution >= 0.6 is 11.6 Å².